The molecular formula is C12H10Cl2N2. The predicted octanol–water partition coefficient (Wildman–Crippen LogP) is 4.32. The Balaban J connectivity index is 2.31. The largest absolute Gasteiger partial charge is 0.396 e. The Morgan fingerprint density at radius 2 is 1.75 bits per heavy atom. The van der Waals surface area contributed by atoms with E-state index in [1.165, 1.54) is 0 Å². The van der Waals surface area contributed by atoms with Crippen molar-refractivity contribution in [1.29, 1.82) is 0 Å². The Hall–Kier alpha value is -1.38. The van der Waals surface area contributed by atoms with E-state index in [0.717, 1.165) is 11.4 Å². The molecular weight excluding hydrogens is 243 g/mol. The highest BCUT2D eigenvalue weighted by molar-refractivity contribution is 6.33. The minimum Gasteiger partial charge on any atom is -0.396 e. The molecule has 3 N–H and O–H groups in total. The van der Waals surface area contributed by atoms with E-state index in [4.69, 9.17) is 28.9 Å². The molecule has 0 fully saturated rings. The monoisotopic (exact) mass is 252 g/mol. The molecule has 4 heteroatoms. The van der Waals surface area contributed by atoms with E-state index < -0.39 is 0 Å². The average molecular weight is 253 g/mol. The van der Waals surface area contributed by atoms with E-state index in [9.17, 15) is 0 Å². The van der Waals surface area contributed by atoms with Crippen molar-refractivity contribution in [2.45, 2.75) is 0 Å². The normalized spacial score (nSPS) is 10.1. The van der Waals surface area contributed by atoms with Crippen LogP contribution in [0.5, 0.6) is 0 Å². The van der Waals surface area contributed by atoms with Crippen LogP contribution >= 0.6 is 23.2 Å². The number of nitrogens with two attached hydrogens (primary N) is 1. The minimum atomic E-state index is 0.532. The van der Waals surface area contributed by atoms with E-state index in [0.29, 0.717) is 15.7 Å². The molecule has 82 valence electrons. The lowest BCUT2D eigenvalue weighted by Crippen LogP contribution is -1.96. The quantitative estimate of drug-likeness (QED) is 0.782. The molecule has 0 radical (unpaired) electrons. The van der Waals surface area contributed by atoms with Crippen molar-refractivity contribution in [2.75, 3.05) is 11.1 Å². The fraction of sp³-hybridized carbons (Fsp3) is 0. The first-order chi connectivity index (χ1) is 7.66. The Kier molecular flexibility index (Phi) is 3.22. The van der Waals surface area contributed by atoms with Crippen molar-refractivity contribution in [3.63, 3.8) is 0 Å². The molecule has 0 aliphatic heterocycles. The minimum absolute atomic E-state index is 0.532. The first-order valence-electron chi connectivity index (χ1n) is 4.73. The van der Waals surface area contributed by atoms with Crippen molar-refractivity contribution in [3.05, 3.63) is 52.5 Å². The molecule has 2 aromatic rings. The van der Waals surface area contributed by atoms with Gasteiger partial charge in [0.1, 0.15) is 0 Å². The first kappa shape index (κ1) is 11.1. The Labute approximate surface area is 104 Å². The van der Waals surface area contributed by atoms with Gasteiger partial charge in [-0.15, -0.1) is 0 Å². The SMILES string of the molecule is Nc1c(Cl)cccc1Nc1cccc(Cl)c1. The van der Waals surface area contributed by atoms with Crippen LogP contribution in [0.3, 0.4) is 0 Å². The number of anilines is 3. The second-order valence-electron chi connectivity index (χ2n) is 3.34. The number of halogens is 2. The second kappa shape index (κ2) is 4.64. The zero-order valence-corrected chi connectivity index (χ0v) is 9.89. The number of hydrogen-bond donors (Lipinski definition) is 2. The maximum absolute atomic E-state index is 5.92. The Bertz CT molecular complexity index is 512. The van der Waals surface area contributed by atoms with Crippen LogP contribution in [-0.2, 0) is 0 Å². The van der Waals surface area contributed by atoms with Crippen LogP contribution in [0.4, 0.5) is 17.1 Å². The molecule has 0 bridgehead atoms. The molecule has 0 unspecified atom stereocenters. The van der Waals surface area contributed by atoms with Gasteiger partial charge in [0, 0.05) is 10.7 Å². The van der Waals surface area contributed by atoms with Crippen LogP contribution in [0, 0.1) is 0 Å². The van der Waals surface area contributed by atoms with Crippen molar-refractivity contribution in [2.24, 2.45) is 0 Å². The molecule has 0 saturated carbocycles. The van der Waals surface area contributed by atoms with Crippen LogP contribution in [-0.4, -0.2) is 0 Å². The molecule has 0 aromatic heterocycles. The third-order valence-corrected chi connectivity index (χ3v) is 2.72. The molecule has 2 rings (SSSR count). The lowest BCUT2D eigenvalue weighted by atomic mass is 10.2. The molecule has 2 aromatic carbocycles. The number of rotatable bonds is 2. The molecule has 0 atom stereocenters. The van der Waals surface area contributed by atoms with Crippen LogP contribution in [0.2, 0.25) is 10.0 Å². The van der Waals surface area contributed by atoms with Gasteiger partial charge in [0.25, 0.3) is 0 Å². The summed E-state index contributed by atoms with van der Waals surface area (Å²) in [5, 5.41) is 4.37. The summed E-state index contributed by atoms with van der Waals surface area (Å²) in [5.41, 5.74) is 8.02. The predicted molar refractivity (Wildman–Crippen MR) is 70.6 cm³/mol. The van der Waals surface area contributed by atoms with E-state index in [-0.39, 0.29) is 0 Å². The third-order valence-electron chi connectivity index (χ3n) is 2.16. The number of para-hydroxylation sites is 1. The van der Waals surface area contributed by atoms with Crippen LogP contribution in [0.1, 0.15) is 0 Å². The van der Waals surface area contributed by atoms with E-state index in [1.807, 2.05) is 36.4 Å². The summed E-state index contributed by atoms with van der Waals surface area (Å²) in [5.74, 6) is 0. The van der Waals surface area contributed by atoms with Gasteiger partial charge in [-0.05, 0) is 30.3 Å². The molecule has 0 aliphatic rings. The molecule has 0 heterocycles. The average Bonchev–Trinajstić information content (AvgIpc) is 2.25. The van der Waals surface area contributed by atoms with Gasteiger partial charge in [-0.3, -0.25) is 0 Å². The number of benzene rings is 2. The van der Waals surface area contributed by atoms with E-state index in [2.05, 4.69) is 5.32 Å². The third kappa shape index (κ3) is 2.40. The summed E-state index contributed by atoms with van der Waals surface area (Å²) in [6, 6.07) is 12.9. The topological polar surface area (TPSA) is 38.0 Å². The summed E-state index contributed by atoms with van der Waals surface area (Å²) < 4.78 is 0. The fourth-order valence-electron chi connectivity index (χ4n) is 1.37. The van der Waals surface area contributed by atoms with Crippen LogP contribution in [0.25, 0.3) is 0 Å². The van der Waals surface area contributed by atoms with Crippen LogP contribution < -0.4 is 11.1 Å². The van der Waals surface area contributed by atoms with Gasteiger partial charge in [-0.25, -0.2) is 0 Å². The highest BCUT2D eigenvalue weighted by Gasteiger charge is 2.03. The number of nitrogen functional groups attached to an aromatic ring is 1. The smallest absolute Gasteiger partial charge is 0.0742 e. The standard InChI is InChI=1S/C12H10Cl2N2/c13-8-3-1-4-9(7-8)16-11-6-2-5-10(14)12(11)15/h1-7,16H,15H2. The zero-order chi connectivity index (χ0) is 11.5. The second-order valence-corrected chi connectivity index (χ2v) is 4.18. The highest BCUT2D eigenvalue weighted by atomic mass is 35.5. The maximum Gasteiger partial charge on any atom is 0.0742 e. The fourth-order valence-corrected chi connectivity index (χ4v) is 1.73. The van der Waals surface area contributed by atoms with Gasteiger partial charge in [0.05, 0.1) is 16.4 Å². The van der Waals surface area contributed by atoms with Crippen molar-refractivity contribution in [1.82, 2.24) is 0 Å². The lowest BCUT2D eigenvalue weighted by molar-refractivity contribution is 1.55. The maximum atomic E-state index is 5.92. The van der Waals surface area contributed by atoms with Gasteiger partial charge >= 0.3 is 0 Å². The summed E-state index contributed by atoms with van der Waals surface area (Å²) in [6.07, 6.45) is 0. The van der Waals surface area contributed by atoms with Gasteiger partial charge in [-0.1, -0.05) is 35.3 Å². The molecule has 0 aliphatic carbocycles. The Morgan fingerprint density at radius 3 is 2.50 bits per heavy atom. The molecule has 0 saturated heterocycles. The lowest BCUT2D eigenvalue weighted by Gasteiger charge is -2.10. The number of hydrogen-bond acceptors (Lipinski definition) is 2. The first-order valence-corrected chi connectivity index (χ1v) is 5.49. The molecule has 2 nitrogen and oxygen atoms in total. The van der Waals surface area contributed by atoms with Crippen molar-refractivity contribution >= 4 is 40.3 Å². The van der Waals surface area contributed by atoms with Crippen LogP contribution in [0.15, 0.2) is 42.5 Å². The number of nitrogens with one attached hydrogen (secondary N) is 1. The molecule has 0 spiro atoms. The van der Waals surface area contributed by atoms with Crippen molar-refractivity contribution < 1.29 is 0 Å². The van der Waals surface area contributed by atoms with Gasteiger partial charge in [0.2, 0.25) is 0 Å². The Morgan fingerprint density at radius 1 is 1.00 bits per heavy atom. The molecule has 0 amide bonds. The van der Waals surface area contributed by atoms with E-state index in [1.54, 1.807) is 6.07 Å². The van der Waals surface area contributed by atoms with Gasteiger partial charge < -0.3 is 11.1 Å². The molecule has 16 heavy (non-hydrogen) atoms. The van der Waals surface area contributed by atoms with Crippen molar-refractivity contribution in [3.8, 4) is 0 Å². The van der Waals surface area contributed by atoms with Gasteiger partial charge in [-0.2, -0.15) is 0 Å². The highest BCUT2D eigenvalue weighted by Crippen LogP contribution is 2.29. The van der Waals surface area contributed by atoms with E-state index >= 15 is 0 Å². The summed E-state index contributed by atoms with van der Waals surface area (Å²) in [6.45, 7) is 0. The zero-order valence-electron chi connectivity index (χ0n) is 8.37. The summed E-state index contributed by atoms with van der Waals surface area (Å²) >= 11 is 11.8. The summed E-state index contributed by atoms with van der Waals surface area (Å²) in [7, 11) is 0. The summed E-state index contributed by atoms with van der Waals surface area (Å²) in [4.78, 5) is 0. The van der Waals surface area contributed by atoms with Gasteiger partial charge in [0.15, 0.2) is 0 Å².